The molecule has 0 saturated carbocycles. The second-order valence-electron chi connectivity index (χ2n) is 6.52. The highest BCUT2D eigenvalue weighted by molar-refractivity contribution is 7.99. The Morgan fingerprint density at radius 1 is 1.22 bits per heavy atom. The third-order valence-corrected chi connectivity index (χ3v) is 7.06. The molecule has 1 aliphatic carbocycles. The number of rotatable bonds is 7. The fourth-order valence-corrected chi connectivity index (χ4v) is 5.51. The van der Waals surface area contributed by atoms with Gasteiger partial charge in [-0.3, -0.25) is 9.36 Å². The number of thioether (sulfide) groups is 1. The minimum atomic E-state index is 0.0939. The number of aryl methyl sites for hydroxylation is 2. The van der Waals surface area contributed by atoms with Gasteiger partial charge in [0.25, 0.3) is 5.56 Å². The number of nitrogens with zero attached hydrogens (tertiary/aromatic N) is 2. The maximum atomic E-state index is 12.8. The molecule has 1 aromatic carbocycles. The molecule has 0 unspecified atom stereocenters. The molecule has 1 aliphatic rings. The minimum Gasteiger partial charge on any atom is -0.497 e. The van der Waals surface area contributed by atoms with Crippen LogP contribution < -0.4 is 15.0 Å². The largest absolute Gasteiger partial charge is 0.497 e. The van der Waals surface area contributed by atoms with Gasteiger partial charge in [-0.15, -0.1) is 11.3 Å². The van der Waals surface area contributed by atoms with Crippen LogP contribution in [0.5, 0.6) is 11.5 Å². The van der Waals surface area contributed by atoms with Crippen molar-refractivity contribution in [2.24, 2.45) is 7.05 Å². The van der Waals surface area contributed by atoms with Crippen LogP contribution in [0.4, 0.5) is 0 Å². The van der Waals surface area contributed by atoms with Crippen molar-refractivity contribution in [1.82, 2.24) is 9.55 Å². The molecular formula is C20H22N2O3S2. The highest BCUT2D eigenvalue weighted by Gasteiger charge is 2.22. The summed E-state index contributed by atoms with van der Waals surface area (Å²) in [5.74, 6) is 2.51. The SMILES string of the molecule is COc1ccc(OCCCSc2nc3sc4c(c3c(=O)n2C)CCC4)cc1. The van der Waals surface area contributed by atoms with E-state index in [2.05, 4.69) is 0 Å². The number of fused-ring (bicyclic) bond motifs is 3. The number of hydrogen-bond acceptors (Lipinski definition) is 6. The van der Waals surface area contributed by atoms with E-state index >= 15 is 0 Å². The first kappa shape index (κ1) is 18.4. The van der Waals surface area contributed by atoms with E-state index in [1.807, 2.05) is 31.3 Å². The van der Waals surface area contributed by atoms with Crippen LogP contribution in [0.3, 0.4) is 0 Å². The van der Waals surface area contributed by atoms with E-state index in [1.165, 1.54) is 10.4 Å². The molecule has 0 spiro atoms. The van der Waals surface area contributed by atoms with Crippen LogP contribution in [-0.2, 0) is 19.9 Å². The van der Waals surface area contributed by atoms with E-state index in [0.29, 0.717) is 6.61 Å². The Labute approximate surface area is 166 Å². The molecule has 7 heteroatoms. The van der Waals surface area contributed by atoms with Gasteiger partial charge in [-0.05, 0) is 55.5 Å². The molecule has 0 saturated heterocycles. The van der Waals surface area contributed by atoms with Gasteiger partial charge in [0.2, 0.25) is 0 Å². The average Bonchev–Trinajstić information content (AvgIpc) is 3.26. The molecule has 0 fully saturated rings. The van der Waals surface area contributed by atoms with E-state index in [9.17, 15) is 4.79 Å². The van der Waals surface area contributed by atoms with E-state index in [0.717, 1.165) is 58.3 Å². The maximum absolute atomic E-state index is 12.8. The van der Waals surface area contributed by atoms with Crippen LogP contribution in [-0.4, -0.2) is 29.0 Å². The van der Waals surface area contributed by atoms with Crippen molar-refractivity contribution >= 4 is 33.3 Å². The van der Waals surface area contributed by atoms with Crippen molar-refractivity contribution in [3.8, 4) is 11.5 Å². The normalized spacial score (nSPS) is 13.1. The van der Waals surface area contributed by atoms with Gasteiger partial charge in [-0.1, -0.05) is 11.8 Å². The van der Waals surface area contributed by atoms with E-state index in [4.69, 9.17) is 14.5 Å². The molecule has 2 aromatic heterocycles. The molecular weight excluding hydrogens is 380 g/mol. The summed E-state index contributed by atoms with van der Waals surface area (Å²) in [7, 11) is 3.47. The Morgan fingerprint density at radius 2 is 2.00 bits per heavy atom. The van der Waals surface area contributed by atoms with Crippen LogP contribution in [0, 0.1) is 0 Å². The fraction of sp³-hybridized carbons (Fsp3) is 0.400. The molecule has 0 radical (unpaired) electrons. The first-order valence-electron chi connectivity index (χ1n) is 9.08. The Bertz CT molecular complexity index is 1010. The molecule has 0 amide bonds. The second-order valence-corrected chi connectivity index (χ2v) is 8.67. The summed E-state index contributed by atoms with van der Waals surface area (Å²) in [5.41, 5.74) is 1.34. The molecule has 0 bridgehead atoms. The molecule has 2 heterocycles. The van der Waals surface area contributed by atoms with Gasteiger partial charge >= 0.3 is 0 Å². The number of benzene rings is 1. The van der Waals surface area contributed by atoms with E-state index in [1.54, 1.807) is 34.8 Å². The van der Waals surface area contributed by atoms with Crippen molar-refractivity contribution in [3.63, 3.8) is 0 Å². The Kier molecular flexibility index (Phi) is 5.41. The summed E-state index contributed by atoms with van der Waals surface area (Å²) in [6.07, 6.45) is 4.14. The lowest BCUT2D eigenvalue weighted by Crippen LogP contribution is -2.20. The quantitative estimate of drug-likeness (QED) is 0.339. The lowest BCUT2D eigenvalue weighted by Gasteiger charge is -2.09. The van der Waals surface area contributed by atoms with Gasteiger partial charge in [0.1, 0.15) is 16.3 Å². The maximum Gasteiger partial charge on any atom is 0.262 e. The number of ether oxygens (including phenoxy) is 2. The monoisotopic (exact) mass is 402 g/mol. The summed E-state index contributed by atoms with van der Waals surface area (Å²) < 4.78 is 12.6. The molecule has 142 valence electrons. The summed E-state index contributed by atoms with van der Waals surface area (Å²) in [5, 5.41) is 1.64. The molecule has 3 aromatic rings. The molecule has 0 N–H and O–H groups in total. The van der Waals surface area contributed by atoms with E-state index < -0.39 is 0 Å². The minimum absolute atomic E-state index is 0.0939. The van der Waals surface area contributed by atoms with Crippen molar-refractivity contribution in [2.75, 3.05) is 19.5 Å². The topological polar surface area (TPSA) is 53.4 Å². The molecule has 0 aliphatic heterocycles. The summed E-state index contributed by atoms with van der Waals surface area (Å²) in [4.78, 5) is 19.8. The predicted molar refractivity (Wildman–Crippen MR) is 111 cm³/mol. The van der Waals surface area contributed by atoms with Gasteiger partial charge in [0.05, 0.1) is 19.1 Å². The molecule has 27 heavy (non-hydrogen) atoms. The number of thiophene rings is 1. The van der Waals surface area contributed by atoms with Gasteiger partial charge in [-0.25, -0.2) is 4.98 Å². The standard InChI is InChI=1S/C20H22N2O3S2/c1-22-19(23)17-15-5-3-6-16(15)27-18(17)21-20(22)26-12-4-11-25-14-9-7-13(24-2)8-10-14/h7-10H,3-6,11-12H2,1-2H3. The van der Waals surface area contributed by atoms with Crippen molar-refractivity contribution in [1.29, 1.82) is 0 Å². The third kappa shape index (κ3) is 3.71. The van der Waals surface area contributed by atoms with Gasteiger partial charge in [0.15, 0.2) is 5.16 Å². The zero-order chi connectivity index (χ0) is 18.8. The Hall–Kier alpha value is -1.99. The lowest BCUT2D eigenvalue weighted by atomic mass is 10.2. The molecule has 4 rings (SSSR count). The van der Waals surface area contributed by atoms with Gasteiger partial charge in [0, 0.05) is 17.7 Å². The average molecular weight is 403 g/mol. The van der Waals surface area contributed by atoms with E-state index in [-0.39, 0.29) is 5.56 Å². The predicted octanol–water partition coefficient (Wildman–Crippen LogP) is 4.05. The highest BCUT2D eigenvalue weighted by atomic mass is 32.2. The first-order valence-corrected chi connectivity index (χ1v) is 10.9. The van der Waals surface area contributed by atoms with Crippen LogP contribution in [0.1, 0.15) is 23.3 Å². The molecule has 0 atom stereocenters. The highest BCUT2D eigenvalue weighted by Crippen LogP contribution is 2.35. The van der Waals surface area contributed by atoms with Crippen molar-refractivity contribution in [2.45, 2.75) is 30.8 Å². The molecule has 5 nitrogen and oxygen atoms in total. The second kappa shape index (κ2) is 7.94. The zero-order valence-corrected chi connectivity index (χ0v) is 17.1. The Morgan fingerprint density at radius 3 is 2.78 bits per heavy atom. The van der Waals surface area contributed by atoms with Crippen LogP contribution in [0.25, 0.3) is 10.2 Å². The smallest absolute Gasteiger partial charge is 0.262 e. The zero-order valence-electron chi connectivity index (χ0n) is 15.5. The van der Waals surface area contributed by atoms with Crippen LogP contribution in [0.2, 0.25) is 0 Å². The van der Waals surface area contributed by atoms with Crippen molar-refractivity contribution in [3.05, 3.63) is 45.1 Å². The lowest BCUT2D eigenvalue weighted by molar-refractivity contribution is 0.318. The Balaban J connectivity index is 1.36. The summed E-state index contributed by atoms with van der Waals surface area (Å²) in [6, 6.07) is 7.58. The van der Waals surface area contributed by atoms with Crippen LogP contribution in [0.15, 0.2) is 34.2 Å². The van der Waals surface area contributed by atoms with Crippen LogP contribution >= 0.6 is 23.1 Å². The fourth-order valence-electron chi connectivity index (χ4n) is 3.32. The summed E-state index contributed by atoms with van der Waals surface area (Å²) in [6.45, 7) is 0.628. The first-order chi connectivity index (χ1) is 13.2. The number of hydrogen-bond donors (Lipinski definition) is 0. The third-order valence-electron chi connectivity index (χ3n) is 4.75. The van der Waals surface area contributed by atoms with Gasteiger partial charge in [-0.2, -0.15) is 0 Å². The summed E-state index contributed by atoms with van der Waals surface area (Å²) >= 11 is 3.31. The number of methoxy groups -OCH3 is 1. The number of aromatic nitrogens is 2. The van der Waals surface area contributed by atoms with Gasteiger partial charge < -0.3 is 9.47 Å². The van der Waals surface area contributed by atoms with Crippen molar-refractivity contribution < 1.29 is 9.47 Å².